The van der Waals surface area contributed by atoms with Crippen molar-refractivity contribution in [2.45, 2.75) is 33.1 Å². The maximum absolute atomic E-state index is 13.1. The first-order valence-corrected chi connectivity index (χ1v) is 8.27. The lowest BCUT2D eigenvalue weighted by atomic mass is 10.0. The summed E-state index contributed by atoms with van der Waals surface area (Å²) in [7, 11) is 0. The van der Waals surface area contributed by atoms with Crippen LogP contribution in [0.1, 0.15) is 49.8 Å². The van der Waals surface area contributed by atoms with E-state index in [2.05, 4.69) is 44.7 Å². The summed E-state index contributed by atoms with van der Waals surface area (Å²) in [6, 6.07) is 14.9. The Labute approximate surface area is 148 Å². The molecule has 0 atom stereocenters. The standard InChI is InChI=1S/C13H11FO2.C9H12/c1-7-8(2)11(6-13(15)16)12-5-9(14)3-4-10(7)12;1-8(2)9-6-4-3-5-7-9/h3-5H,1,6H2,2H3,(H,15,16);3-8H,1-2H3. The Bertz CT molecular complexity index is 817. The van der Waals surface area contributed by atoms with Gasteiger partial charge in [-0.1, -0.05) is 56.8 Å². The Hall–Kier alpha value is -2.68. The van der Waals surface area contributed by atoms with Crippen LogP contribution < -0.4 is 0 Å². The normalized spacial score (nSPS) is 12.8. The van der Waals surface area contributed by atoms with Crippen LogP contribution in [0.4, 0.5) is 4.39 Å². The summed E-state index contributed by atoms with van der Waals surface area (Å²) >= 11 is 0. The van der Waals surface area contributed by atoms with Crippen LogP contribution in [-0.4, -0.2) is 11.1 Å². The quantitative estimate of drug-likeness (QED) is 0.755. The highest BCUT2D eigenvalue weighted by Crippen LogP contribution is 2.41. The molecule has 2 nitrogen and oxygen atoms in total. The molecule has 0 fully saturated rings. The molecule has 2 aromatic rings. The molecule has 3 heteroatoms. The van der Waals surface area contributed by atoms with Gasteiger partial charge in [0.25, 0.3) is 0 Å². The maximum Gasteiger partial charge on any atom is 0.307 e. The van der Waals surface area contributed by atoms with E-state index < -0.39 is 5.97 Å². The Kier molecular flexibility index (Phi) is 5.92. The highest BCUT2D eigenvalue weighted by molar-refractivity contribution is 6.02. The fourth-order valence-corrected chi connectivity index (χ4v) is 2.83. The van der Waals surface area contributed by atoms with Gasteiger partial charge in [-0.2, -0.15) is 0 Å². The fourth-order valence-electron chi connectivity index (χ4n) is 2.83. The number of rotatable bonds is 3. The molecule has 1 N–H and O–H groups in total. The lowest BCUT2D eigenvalue weighted by Gasteiger charge is -2.03. The number of carboxylic acids is 1. The third-order valence-electron chi connectivity index (χ3n) is 4.33. The first-order valence-electron chi connectivity index (χ1n) is 8.27. The SMILES string of the molecule is C=C1C(C)=C(CC(=O)O)c2cc(F)ccc21.CC(C)c1ccccc1. The van der Waals surface area contributed by atoms with Gasteiger partial charge in [0.2, 0.25) is 0 Å². The summed E-state index contributed by atoms with van der Waals surface area (Å²) in [5, 5.41) is 8.82. The number of hydrogen-bond acceptors (Lipinski definition) is 1. The summed E-state index contributed by atoms with van der Waals surface area (Å²) in [6.45, 7) is 10.1. The number of halogens is 1. The summed E-state index contributed by atoms with van der Waals surface area (Å²) in [5.74, 6) is -0.616. The molecule has 0 heterocycles. The number of carboxylic acid groups (broad SMARTS) is 1. The van der Waals surface area contributed by atoms with Crippen LogP contribution >= 0.6 is 0 Å². The van der Waals surface area contributed by atoms with Gasteiger partial charge in [0.15, 0.2) is 0 Å². The molecule has 2 aromatic carbocycles. The van der Waals surface area contributed by atoms with Gasteiger partial charge < -0.3 is 5.11 Å². The Morgan fingerprint density at radius 1 is 1.12 bits per heavy atom. The van der Waals surface area contributed by atoms with E-state index in [0.717, 1.165) is 16.7 Å². The minimum Gasteiger partial charge on any atom is -0.481 e. The molecule has 0 saturated heterocycles. The molecule has 0 amide bonds. The number of benzene rings is 2. The third kappa shape index (κ3) is 4.44. The van der Waals surface area contributed by atoms with Gasteiger partial charge in [-0.05, 0) is 58.4 Å². The van der Waals surface area contributed by atoms with E-state index in [1.807, 2.05) is 13.0 Å². The van der Waals surface area contributed by atoms with Crippen LogP contribution in [0.5, 0.6) is 0 Å². The van der Waals surface area contributed by atoms with Crippen molar-refractivity contribution >= 4 is 17.1 Å². The van der Waals surface area contributed by atoms with E-state index in [-0.39, 0.29) is 12.2 Å². The molecule has 25 heavy (non-hydrogen) atoms. The Balaban J connectivity index is 0.000000212. The van der Waals surface area contributed by atoms with Gasteiger partial charge in [-0.25, -0.2) is 4.39 Å². The number of carbonyl (C=O) groups is 1. The molecule has 3 rings (SSSR count). The lowest BCUT2D eigenvalue weighted by molar-refractivity contribution is -0.135. The predicted molar refractivity (Wildman–Crippen MR) is 101 cm³/mol. The van der Waals surface area contributed by atoms with Crippen molar-refractivity contribution in [2.75, 3.05) is 0 Å². The zero-order valence-electron chi connectivity index (χ0n) is 14.8. The summed E-state index contributed by atoms with van der Waals surface area (Å²) in [4.78, 5) is 10.7. The van der Waals surface area contributed by atoms with Crippen molar-refractivity contribution < 1.29 is 14.3 Å². The van der Waals surface area contributed by atoms with Crippen molar-refractivity contribution in [3.8, 4) is 0 Å². The van der Waals surface area contributed by atoms with Crippen LogP contribution in [-0.2, 0) is 4.79 Å². The molecule has 0 unspecified atom stereocenters. The monoisotopic (exact) mass is 338 g/mol. The van der Waals surface area contributed by atoms with E-state index in [9.17, 15) is 9.18 Å². The third-order valence-corrected chi connectivity index (χ3v) is 4.33. The lowest BCUT2D eigenvalue weighted by Crippen LogP contribution is -1.97. The van der Waals surface area contributed by atoms with Crippen molar-refractivity contribution in [1.29, 1.82) is 0 Å². The van der Waals surface area contributed by atoms with Gasteiger partial charge in [0, 0.05) is 0 Å². The molecule has 0 radical (unpaired) electrons. The van der Waals surface area contributed by atoms with E-state index >= 15 is 0 Å². The van der Waals surface area contributed by atoms with Crippen molar-refractivity contribution in [3.05, 3.63) is 83.2 Å². The van der Waals surface area contributed by atoms with Gasteiger partial charge in [-0.3, -0.25) is 4.79 Å². The molecule has 0 aromatic heterocycles. The van der Waals surface area contributed by atoms with E-state index in [1.165, 1.54) is 17.7 Å². The average Bonchev–Trinajstić information content (AvgIpc) is 2.80. The highest BCUT2D eigenvalue weighted by Gasteiger charge is 2.24. The zero-order valence-corrected chi connectivity index (χ0v) is 14.8. The number of allylic oxidation sites excluding steroid dienone is 2. The van der Waals surface area contributed by atoms with Crippen LogP contribution in [0.3, 0.4) is 0 Å². The molecule has 1 aliphatic carbocycles. The van der Waals surface area contributed by atoms with Crippen LogP contribution in [0.2, 0.25) is 0 Å². The van der Waals surface area contributed by atoms with Gasteiger partial charge >= 0.3 is 5.97 Å². The smallest absolute Gasteiger partial charge is 0.307 e. The van der Waals surface area contributed by atoms with E-state index in [4.69, 9.17) is 5.11 Å². The minimum atomic E-state index is -0.917. The second-order valence-electron chi connectivity index (χ2n) is 6.41. The number of fused-ring (bicyclic) bond motifs is 1. The maximum atomic E-state index is 13.1. The average molecular weight is 338 g/mol. The summed E-state index contributed by atoms with van der Waals surface area (Å²) < 4.78 is 13.1. The van der Waals surface area contributed by atoms with E-state index in [0.29, 0.717) is 17.1 Å². The number of aliphatic carboxylic acids is 1. The molecule has 0 saturated carbocycles. The molecule has 0 spiro atoms. The van der Waals surface area contributed by atoms with Crippen LogP contribution in [0.15, 0.2) is 60.7 Å². The van der Waals surface area contributed by atoms with Crippen molar-refractivity contribution in [3.63, 3.8) is 0 Å². The summed E-state index contributed by atoms with van der Waals surface area (Å²) in [5.41, 5.74) is 5.18. The Morgan fingerprint density at radius 3 is 2.28 bits per heavy atom. The summed E-state index contributed by atoms with van der Waals surface area (Å²) in [6.07, 6.45) is -0.0959. The van der Waals surface area contributed by atoms with Crippen LogP contribution in [0.25, 0.3) is 11.1 Å². The van der Waals surface area contributed by atoms with Gasteiger partial charge in [-0.15, -0.1) is 0 Å². The predicted octanol–water partition coefficient (Wildman–Crippen LogP) is 5.91. The van der Waals surface area contributed by atoms with Gasteiger partial charge in [0.1, 0.15) is 5.82 Å². The Morgan fingerprint density at radius 2 is 1.76 bits per heavy atom. The molecular formula is C22H23FO2. The van der Waals surface area contributed by atoms with Crippen molar-refractivity contribution in [1.82, 2.24) is 0 Å². The minimum absolute atomic E-state index is 0.0959. The van der Waals surface area contributed by atoms with Crippen LogP contribution in [0, 0.1) is 5.82 Å². The first-order chi connectivity index (χ1) is 11.8. The largest absolute Gasteiger partial charge is 0.481 e. The molecular weight excluding hydrogens is 315 g/mol. The van der Waals surface area contributed by atoms with E-state index in [1.54, 1.807) is 6.07 Å². The molecule has 0 bridgehead atoms. The van der Waals surface area contributed by atoms with Crippen molar-refractivity contribution in [2.24, 2.45) is 0 Å². The highest BCUT2D eigenvalue weighted by atomic mass is 19.1. The topological polar surface area (TPSA) is 37.3 Å². The first kappa shape index (κ1) is 18.7. The van der Waals surface area contributed by atoms with Gasteiger partial charge in [0.05, 0.1) is 6.42 Å². The fraction of sp³-hybridized carbons (Fsp3) is 0.227. The second kappa shape index (κ2) is 7.93. The second-order valence-corrected chi connectivity index (χ2v) is 6.41. The zero-order chi connectivity index (χ0) is 18.6. The molecule has 1 aliphatic rings. The molecule has 130 valence electrons. The number of hydrogen-bond donors (Lipinski definition) is 1. The molecule has 0 aliphatic heterocycles.